The summed E-state index contributed by atoms with van der Waals surface area (Å²) in [5.74, 6) is 0.869. The van der Waals surface area contributed by atoms with Gasteiger partial charge in [-0.2, -0.15) is 11.3 Å². The molecule has 0 spiro atoms. The van der Waals surface area contributed by atoms with Crippen LogP contribution in [0.4, 0.5) is 0 Å². The molecule has 1 unspecified atom stereocenters. The number of thiophene rings is 1. The minimum atomic E-state index is 0.0161. The van der Waals surface area contributed by atoms with Crippen molar-refractivity contribution in [1.29, 1.82) is 0 Å². The summed E-state index contributed by atoms with van der Waals surface area (Å²) in [6.07, 6.45) is 2.74. The molecule has 0 aliphatic rings. The molecule has 0 saturated heterocycles. The SMILES string of the molecule is CCC(N)c1ncc(-c2ccsc2)[nH]1. The van der Waals surface area contributed by atoms with Gasteiger partial charge in [0.15, 0.2) is 0 Å². The predicted molar refractivity (Wildman–Crippen MR) is 59.1 cm³/mol. The maximum Gasteiger partial charge on any atom is 0.123 e. The normalized spacial score (nSPS) is 13.0. The molecule has 0 aliphatic heterocycles. The largest absolute Gasteiger partial charge is 0.341 e. The molecule has 3 N–H and O–H groups in total. The fourth-order valence-corrected chi connectivity index (χ4v) is 1.94. The Kier molecular flexibility index (Phi) is 2.65. The van der Waals surface area contributed by atoms with Gasteiger partial charge in [-0.25, -0.2) is 4.98 Å². The van der Waals surface area contributed by atoms with Crippen molar-refractivity contribution in [3.8, 4) is 11.3 Å². The molecule has 2 aromatic heterocycles. The van der Waals surface area contributed by atoms with Crippen LogP contribution in [0.5, 0.6) is 0 Å². The number of aromatic amines is 1. The summed E-state index contributed by atoms with van der Waals surface area (Å²) in [6, 6.07) is 2.08. The van der Waals surface area contributed by atoms with Gasteiger partial charge in [-0.05, 0) is 17.9 Å². The van der Waals surface area contributed by atoms with Gasteiger partial charge in [0.25, 0.3) is 0 Å². The van der Waals surface area contributed by atoms with Crippen LogP contribution < -0.4 is 5.73 Å². The van der Waals surface area contributed by atoms with Crippen LogP contribution in [0.15, 0.2) is 23.0 Å². The molecule has 0 aromatic carbocycles. The first kappa shape index (κ1) is 9.43. The van der Waals surface area contributed by atoms with Crippen LogP contribution >= 0.6 is 11.3 Å². The molecule has 0 fully saturated rings. The van der Waals surface area contributed by atoms with Gasteiger partial charge in [-0.3, -0.25) is 0 Å². The molecule has 0 radical (unpaired) electrons. The van der Waals surface area contributed by atoms with Crippen LogP contribution in [-0.4, -0.2) is 9.97 Å². The number of nitrogens with two attached hydrogens (primary N) is 1. The molecular weight excluding hydrogens is 194 g/mol. The number of nitrogens with zero attached hydrogens (tertiary/aromatic N) is 1. The first-order chi connectivity index (χ1) is 6.81. The quantitative estimate of drug-likeness (QED) is 0.812. The highest BCUT2D eigenvalue weighted by Gasteiger charge is 2.08. The van der Waals surface area contributed by atoms with Crippen LogP contribution in [0.25, 0.3) is 11.3 Å². The summed E-state index contributed by atoms with van der Waals surface area (Å²) in [5, 5.41) is 4.14. The van der Waals surface area contributed by atoms with E-state index in [-0.39, 0.29) is 6.04 Å². The first-order valence-corrected chi connectivity index (χ1v) is 5.58. The second kappa shape index (κ2) is 3.94. The number of nitrogens with one attached hydrogen (secondary N) is 1. The fourth-order valence-electron chi connectivity index (χ4n) is 1.28. The molecule has 0 aliphatic carbocycles. The van der Waals surface area contributed by atoms with Crippen molar-refractivity contribution in [2.24, 2.45) is 5.73 Å². The minimum absolute atomic E-state index is 0.0161. The molecule has 2 heterocycles. The zero-order chi connectivity index (χ0) is 9.97. The Morgan fingerprint density at radius 2 is 2.50 bits per heavy atom. The van der Waals surface area contributed by atoms with E-state index in [1.54, 1.807) is 11.3 Å². The maximum absolute atomic E-state index is 5.87. The van der Waals surface area contributed by atoms with E-state index in [2.05, 4.69) is 33.7 Å². The molecule has 0 amide bonds. The van der Waals surface area contributed by atoms with Crippen molar-refractivity contribution >= 4 is 11.3 Å². The van der Waals surface area contributed by atoms with E-state index in [9.17, 15) is 0 Å². The molecule has 14 heavy (non-hydrogen) atoms. The average molecular weight is 207 g/mol. The zero-order valence-corrected chi connectivity index (χ0v) is 8.84. The van der Waals surface area contributed by atoms with Gasteiger partial charge in [0.1, 0.15) is 5.82 Å². The summed E-state index contributed by atoms with van der Waals surface area (Å²) >= 11 is 1.68. The number of hydrogen-bond donors (Lipinski definition) is 2. The lowest BCUT2D eigenvalue weighted by molar-refractivity contribution is 0.658. The van der Waals surface area contributed by atoms with Crippen molar-refractivity contribution in [1.82, 2.24) is 9.97 Å². The monoisotopic (exact) mass is 207 g/mol. The van der Waals surface area contributed by atoms with Gasteiger partial charge in [0.05, 0.1) is 17.9 Å². The molecule has 2 rings (SSSR count). The van der Waals surface area contributed by atoms with Gasteiger partial charge < -0.3 is 10.7 Å². The minimum Gasteiger partial charge on any atom is -0.341 e. The van der Waals surface area contributed by atoms with Crippen molar-refractivity contribution in [3.63, 3.8) is 0 Å². The highest BCUT2D eigenvalue weighted by molar-refractivity contribution is 7.08. The van der Waals surface area contributed by atoms with Crippen molar-refractivity contribution in [2.45, 2.75) is 19.4 Å². The third kappa shape index (κ3) is 1.71. The molecule has 2 aromatic rings. The summed E-state index contributed by atoms with van der Waals surface area (Å²) in [6.45, 7) is 2.05. The van der Waals surface area contributed by atoms with Crippen molar-refractivity contribution in [3.05, 3.63) is 28.8 Å². The zero-order valence-electron chi connectivity index (χ0n) is 8.03. The summed E-state index contributed by atoms with van der Waals surface area (Å²) in [4.78, 5) is 7.50. The van der Waals surface area contributed by atoms with Gasteiger partial charge in [-0.1, -0.05) is 6.92 Å². The van der Waals surface area contributed by atoms with Crippen LogP contribution in [0, 0.1) is 0 Å². The summed E-state index contributed by atoms with van der Waals surface area (Å²) < 4.78 is 0. The molecule has 3 nitrogen and oxygen atoms in total. The first-order valence-electron chi connectivity index (χ1n) is 4.64. The molecule has 1 atom stereocenters. The van der Waals surface area contributed by atoms with E-state index in [0.29, 0.717) is 0 Å². The molecular formula is C10H13N3S. The summed E-state index contributed by atoms with van der Waals surface area (Å²) in [7, 11) is 0. The standard InChI is InChI=1S/C10H13N3S/c1-2-8(11)10-12-5-9(13-10)7-3-4-14-6-7/h3-6,8H,2,11H2,1H3,(H,12,13). The van der Waals surface area contributed by atoms with E-state index in [1.165, 1.54) is 5.56 Å². The lowest BCUT2D eigenvalue weighted by Gasteiger charge is -2.02. The Labute approximate surface area is 87.0 Å². The van der Waals surface area contributed by atoms with Crippen LogP contribution in [0.1, 0.15) is 25.2 Å². The Balaban J connectivity index is 2.26. The highest BCUT2D eigenvalue weighted by Crippen LogP contribution is 2.21. The number of hydrogen-bond acceptors (Lipinski definition) is 3. The van der Waals surface area contributed by atoms with Crippen LogP contribution in [0.3, 0.4) is 0 Å². The molecule has 0 bridgehead atoms. The van der Waals surface area contributed by atoms with Gasteiger partial charge in [-0.15, -0.1) is 0 Å². The van der Waals surface area contributed by atoms with Crippen molar-refractivity contribution in [2.75, 3.05) is 0 Å². The van der Waals surface area contributed by atoms with Gasteiger partial charge in [0, 0.05) is 10.9 Å². The van der Waals surface area contributed by atoms with E-state index in [4.69, 9.17) is 5.73 Å². The summed E-state index contributed by atoms with van der Waals surface area (Å²) in [5.41, 5.74) is 8.09. The number of rotatable bonds is 3. The molecule has 0 saturated carbocycles. The Bertz CT molecular complexity index is 391. The van der Waals surface area contributed by atoms with Gasteiger partial charge in [0.2, 0.25) is 0 Å². The van der Waals surface area contributed by atoms with Crippen LogP contribution in [0.2, 0.25) is 0 Å². The molecule has 4 heteroatoms. The Morgan fingerprint density at radius 1 is 1.64 bits per heavy atom. The van der Waals surface area contributed by atoms with Crippen LogP contribution in [-0.2, 0) is 0 Å². The second-order valence-corrected chi connectivity index (χ2v) is 3.99. The average Bonchev–Trinajstić information content (AvgIpc) is 2.86. The third-order valence-electron chi connectivity index (χ3n) is 2.22. The Hall–Kier alpha value is -1.13. The van der Waals surface area contributed by atoms with Gasteiger partial charge >= 0.3 is 0 Å². The van der Waals surface area contributed by atoms with E-state index in [1.807, 2.05) is 6.20 Å². The topological polar surface area (TPSA) is 54.7 Å². The number of imidazole rings is 1. The lowest BCUT2D eigenvalue weighted by Crippen LogP contribution is -2.10. The lowest BCUT2D eigenvalue weighted by atomic mass is 10.2. The van der Waals surface area contributed by atoms with E-state index in [0.717, 1.165) is 17.9 Å². The Morgan fingerprint density at radius 3 is 3.14 bits per heavy atom. The number of H-pyrrole nitrogens is 1. The van der Waals surface area contributed by atoms with E-state index >= 15 is 0 Å². The predicted octanol–water partition coefficient (Wildman–Crippen LogP) is 2.55. The van der Waals surface area contributed by atoms with Crippen molar-refractivity contribution < 1.29 is 0 Å². The maximum atomic E-state index is 5.87. The highest BCUT2D eigenvalue weighted by atomic mass is 32.1. The second-order valence-electron chi connectivity index (χ2n) is 3.21. The smallest absolute Gasteiger partial charge is 0.123 e. The van der Waals surface area contributed by atoms with E-state index < -0.39 is 0 Å². The third-order valence-corrected chi connectivity index (χ3v) is 2.90. The number of aromatic nitrogens is 2. The molecule has 74 valence electrons. The fraction of sp³-hybridized carbons (Fsp3) is 0.300.